The van der Waals surface area contributed by atoms with Crippen LogP contribution >= 0.6 is 31.9 Å². The molecule has 0 rings (SSSR count). The molecule has 0 N–H and O–H groups in total. The van der Waals surface area contributed by atoms with Crippen LogP contribution in [0.4, 0.5) is 0 Å². The van der Waals surface area contributed by atoms with Crippen molar-refractivity contribution in [2.75, 3.05) is 23.9 Å². The van der Waals surface area contributed by atoms with Gasteiger partial charge in [0.1, 0.15) is 23.9 Å². The number of alkyl halides is 2. The lowest BCUT2D eigenvalue weighted by Gasteiger charge is -1.98. The third kappa shape index (κ3) is 8.25. The van der Waals surface area contributed by atoms with E-state index in [0.29, 0.717) is 0 Å². The van der Waals surface area contributed by atoms with Crippen molar-refractivity contribution in [3.63, 3.8) is 0 Å². The molecule has 6 heteroatoms. The van der Waals surface area contributed by atoms with Crippen LogP contribution < -0.4 is 0 Å². The minimum Gasteiger partial charge on any atom is -0.461 e. The molecule has 0 aliphatic carbocycles. The highest BCUT2D eigenvalue weighted by Crippen LogP contribution is 1.88. The molecule has 0 bridgehead atoms. The highest BCUT2D eigenvalue weighted by molar-refractivity contribution is 9.09. The van der Waals surface area contributed by atoms with Crippen LogP contribution in [0.3, 0.4) is 0 Å². The summed E-state index contributed by atoms with van der Waals surface area (Å²) in [5, 5.41) is 0.360. The Bertz CT molecular complexity index is 193. The first-order valence-electron chi connectivity index (χ1n) is 3.79. The van der Waals surface area contributed by atoms with Gasteiger partial charge in [0, 0.05) is 0 Å². The zero-order valence-electron chi connectivity index (χ0n) is 7.37. The van der Waals surface area contributed by atoms with Crippen molar-refractivity contribution in [3.05, 3.63) is 12.2 Å². The monoisotopic (exact) mass is 328 g/mol. The van der Waals surface area contributed by atoms with Gasteiger partial charge in [-0.3, -0.25) is 9.59 Å². The van der Waals surface area contributed by atoms with Crippen molar-refractivity contribution in [3.8, 4) is 0 Å². The Balaban J connectivity index is 3.36. The first kappa shape index (κ1) is 13.6. The molecule has 0 heterocycles. The largest absolute Gasteiger partial charge is 0.461 e. The van der Waals surface area contributed by atoms with E-state index in [1.807, 2.05) is 0 Å². The molecule has 0 atom stereocenters. The lowest BCUT2D eigenvalue weighted by Crippen LogP contribution is -2.06. The van der Waals surface area contributed by atoms with Crippen LogP contribution in [-0.4, -0.2) is 35.8 Å². The fourth-order valence-corrected chi connectivity index (χ4v) is 0.819. The van der Waals surface area contributed by atoms with Crippen molar-refractivity contribution in [2.24, 2.45) is 0 Å². The van der Waals surface area contributed by atoms with E-state index in [1.54, 1.807) is 12.2 Å². The van der Waals surface area contributed by atoms with Gasteiger partial charge >= 0.3 is 11.9 Å². The van der Waals surface area contributed by atoms with E-state index in [0.717, 1.165) is 0 Å². The van der Waals surface area contributed by atoms with Crippen LogP contribution in [0.1, 0.15) is 0 Å². The lowest BCUT2D eigenvalue weighted by molar-refractivity contribution is -0.140. The molecule has 0 aromatic rings. The van der Waals surface area contributed by atoms with Crippen LogP contribution in [0.25, 0.3) is 0 Å². The molecule has 0 saturated heterocycles. The van der Waals surface area contributed by atoms with E-state index in [4.69, 9.17) is 9.47 Å². The van der Waals surface area contributed by atoms with Crippen LogP contribution in [0, 0.1) is 0 Å². The topological polar surface area (TPSA) is 52.6 Å². The summed E-state index contributed by atoms with van der Waals surface area (Å²) >= 11 is 5.91. The Morgan fingerprint density at radius 1 is 0.929 bits per heavy atom. The number of carbonyl (C=O) groups is 2. The summed E-state index contributed by atoms with van der Waals surface area (Å²) < 4.78 is 9.40. The summed E-state index contributed by atoms with van der Waals surface area (Å²) in [6.07, 6.45) is 3.23. The van der Waals surface area contributed by atoms with Gasteiger partial charge in [-0.15, -0.1) is 0 Å². The Labute approximate surface area is 98.9 Å². The quantitative estimate of drug-likeness (QED) is 0.420. The van der Waals surface area contributed by atoms with E-state index in [1.165, 1.54) is 0 Å². The number of hydrogen-bond donors (Lipinski definition) is 0. The van der Waals surface area contributed by atoms with E-state index >= 15 is 0 Å². The van der Waals surface area contributed by atoms with Crippen molar-refractivity contribution >= 4 is 43.8 Å². The van der Waals surface area contributed by atoms with Gasteiger partial charge in [-0.05, 0) is 12.2 Å². The first-order chi connectivity index (χ1) is 6.70. The normalized spacial score (nSPS) is 10.1. The SMILES string of the molecule is O=C(CBr)OCC=CCOC(=O)CBr. The average molecular weight is 330 g/mol. The number of ether oxygens (including phenoxy) is 2. The minimum absolute atomic E-state index is 0.180. The maximum atomic E-state index is 10.6. The van der Waals surface area contributed by atoms with Crippen LogP contribution in [0.5, 0.6) is 0 Å². The maximum absolute atomic E-state index is 10.6. The molecule has 0 amide bonds. The predicted octanol–water partition coefficient (Wildman–Crippen LogP) is 1.42. The van der Waals surface area contributed by atoms with Gasteiger partial charge in [-0.1, -0.05) is 31.9 Å². The van der Waals surface area contributed by atoms with E-state index in [9.17, 15) is 9.59 Å². The van der Waals surface area contributed by atoms with Crippen molar-refractivity contribution in [2.45, 2.75) is 0 Å². The molecule has 0 unspecified atom stereocenters. The molecule has 14 heavy (non-hydrogen) atoms. The number of halogens is 2. The fraction of sp³-hybridized carbons (Fsp3) is 0.500. The molecule has 0 aromatic carbocycles. The third-order valence-electron chi connectivity index (χ3n) is 1.07. The van der Waals surface area contributed by atoms with E-state index in [2.05, 4.69) is 31.9 Å². The van der Waals surface area contributed by atoms with E-state index in [-0.39, 0.29) is 35.8 Å². The standard InChI is InChI=1S/C8H10Br2O4/c9-5-7(11)13-3-1-2-4-14-8(12)6-10/h1-2H,3-6H2. The number of hydrogen-bond acceptors (Lipinski definition) is 4. The Morgan fingerprint density at radius 3 is 1.57 bits per heavy atom. The molecular formula is C8H10Br2O4. The Kier molecular flexibility index (Phi) is 8.97. The fourth-order valence-electron chi connectivity index (χ4n) is 0.495. The summed E-state index contributed by atoms with van der Waals surface area (Å²) in [6.45, 7) is 0.382. The van der Waals surface area contributed by atoms with Crippen LogP contribution in [0.2, 0.25) is 0 Å². The average Bonchev–Trinajstić information content (AvgIpc) is 2.22. The van der Waals surface area contributed by atoms with Gasteiger partial charge in [0.25, 0.3) is 0 Å². The van der Waals surface area contributed by atoms with Gasteiger partial charge in [0.15, 0.2) is 0 Å². The first-order valence-corrected chi connectivity index (χ1v) is 6.03. The van der Waals surface area contributed by atoms with Gasteiger partial charge in [0.05, 0.1) is 0 Å². The van der Waals surface area contributed by atoms with Gasteiger partial charge in [-0.2, -0.15) is 0 Å². The molecule has 0 aliphatic heterocycles. The zero-order chi connectivity index (χ0) is 10.8. The Morgan fingerprint density at radius 2 is 1.29 bits per heavy atom. The highest BCUT2D eigenvalue weighted by Gasteiger charge is 1.96. The van der Waals surface area contributed by atoms with Crippen LogP contribution in [0.15, 0.2) is 12.2 Å². The van der Waals surface area contributed by atoms with Crippen LogP contribution in [-0.2, 0) is 19.1 Å². The predicted molar refractivity (Wildman–Crippen MR) is 58.6 cm³/mol. The molecule has 4 nitrogen and oxygen atoms in total. The van der Waals surface area contributed by atoms with Gasteiger partial charge in [0.2, 0.25) is 0 Å². The molecule has 0 aromatic heterocycles. The molecule has 80 valence electrons. The number of rotatable bonds is 6. The molecule has 0 fully saturated rings. The third-order valence-corrected chi connectivity index (χ3v) is 1.98. The summed E-state index contributed by atoms with van der Waals surface area (Å²) in [4.78, 5) is 21.2. The van der Waals surface area contributed by atoms with Gasteiger partial charge in [-0.25, -0.2) is 0 Å². The molecule has 0 saturated carbocycles. The summed E-state index contributed by atoms with van der Waals surface area (Å²) in [6, 6.07) is 0. The molecular weight excluding hydrogens is 320 g/mol. The van der Waals surface area contributed by atoms with E-state index < -0.39 is 0 Å². The van der Waals surface area contributed by atoms with Crippen molar-refractivity contribution in [1.29, 1.82) is 0 Å². The number of esters is 2. The lowest BCUT2D eigenvalue weighted by atomic mass is 10.5. The summed E-state index contributed by atoms with van der Waals surface area (Å²) in [5.41, 5.74) is 0. The second kappa shape index (κ2) is 9.21. The Hall–Kier alpha value is -0.360. The van der Waals surface area contributed by atoms with Crippen molar-refractivity contribution < 1.29 is 19.1 Å². The molecule has 0 aliphatic rings. The summed E-state index contributed by atoms with van der Waals surface area (Å²) in [5.74, 6) is -0.654. The van der Waals surface area contributed by atoms with Crippen molar-refractivity contribution in [1.82, 2.24) is 0 Å². The zero-order valence-corrected chi connectivity index (χ0v) is 10.5. The number of carbonyl (C=O) groups excluding carboxylic acids is 2. The van der Waals surface area contributed by atoms with Gasteiger partial charge < -0.3 is 9.47 Å². The second-order valence-corrected chi connectivity index (χ2v) is 3.23. The molecule has 0 spiro atoms. The second-order valence-electron chi connectivity index (χ2n) is 2.10. The maximum Gasteiger partial charge on any atom is 0.316 e. The highest BCUT2D eigenvalue weighted by atomic mass is 79.9. The minimum atomic E-state index is -0.327. The summed E-state index contributed by atoms with van der Waals surface area (Å²) in [7, 11) is 0. The smallest absolute Gasteiger partial charge is 0.316 e. The molecule has 0 radical (unpaired) electrons.